The first-order valence-electron chi connectivity index (χ1n) is 11.4. The van der Waals surface area contributed by atoms with Gasteiger partial charge in [0.05, 0.1) is 28.6 Å². The molecule has 184 valence electrons. The average molecular weight is 507 g/mol. The van der Waals surface area contributed by atoms with E-state index in [-0.39, 0.29) is 25.0 Å². The van der Waals surface area contributed by atoms with E-state index in [1.165, 1.54) is 0 Å². The molecule has 2 atom stereocenters. The van der Waals surface area contributed by atoms with Gasteiger partial charge in [-0.3, -0.25) is 14.5 Å². The van der Waals surface area contributed by atoms with E-state index in [4.69, 9.17) is 27.9 Å². The zero-order chi connectivity index (χ0) is 24.9. The molecule has 34 heavy (non-hydrogen) atoms. The molecule has 2 unspecified atom stereocenters. The minimum absolute atomic E-state index is 0.0612. The highest BCUT2D eigenvalue weighted by molar-refractivity contribution is 6.42. The van der Waals surface area contributed by atoms with Crippen molar-refractivity contribution >= 4 is 35.1 Å². The predicted octanol–water partition coefficient (Wildman–Crippen LogP) is 4.51. The number of esters is 1. The van der Waals surface area contributed by atoms with E-state index in [9.17, 15) is 14.7 Å². The number of hydrogen-bond acceptors (Lipinski definition) is 5. The van der Waals surface area contributed by atoms with Crippen LogP contribution in [0.5, 0.6) is 0 Å². The molecule has 1 fully saturated rings. The van der Waals surface area contributed by atoms with Crippen LogP contribution < -0.4 is 0 Å². The van der Waals surface area contributed by atoms with Crippen molar-refractivity contribution in [3.63, 3.8) is 0 Å². The standard InChI is InChI=1S/C26H32Cl2N2O4/c1-26(2,3)34-25(33)17-30(24(32)14-18-9-10-21(27)22(28)13-18)23(19-7-5-4-6-8-19)16-29-12-11-20(31)15-29/h4-10,13,20,23,31H,11-12,14-17H2,1-3H3. The number of hydrogen-bond donors (Lipinski definition) is 1. The second kappa shape index (κ2) is 11.5. The fourth-order valence-electron chi connectivity index (χ4n) is 4.09. The Kier molecular flexibility index (Phi) is 8.99. The number of rotatable bonds is 8. The molecule has 1 N–H and O–H groups in total. The van der Waals surface area contributed by atoms with Crippen LogP contribution in [0.4, 0.5) is 0 Å². The van der Waals surface area contributed by atoms with E-state index in [0.29, 0.717) is 35.1 Å². The molecule has 3 rings (SSSR count). The van der Waals surface area contributed by atoms with Crippen molar-refractivity contribution < 1.29 is 19.4 Å². The molecule has 1 aliphatic rings. The summed E-state index contributed by atoms with van der Waals surface area (Å²) in [4.78, 5) is 30.2. The van der Waals surface area contributed by atoms with Crippen molar-refractivity contribution in [2.75, 3.05) is 26.2 Å². The molecular formula is C26H32Cl2N2O4. The van der Waals surface area contributed by atoms with E-state index in [0.717, 1.165) is 12.1 Å². The summed E-state index contributed by atoms with van der Waals surface area (Å²) in [5.74, 6) is -0.699. The smallest absolute Gasteiger partial charge is 0.326 e. The number of benzene rings is 2. The molecule has 8 heteroatoms. The third-order valence-electron chi connectivity index (χ3n) is 5.62. The lowest BCUT2D eigenvalue weighted by Crippen LogP contribution is -2.45. The first-order chi connectivity index (χ1) is 16.0. The van der Waals surface area contributed by atoms with Crippen LogP contribution in [-0.4, -0.2) is 64.7 Å². The van der Waals surface area contributed by atoms with Crippen molar-refractivity contribution in [2.45, 2.75) is 51.4 Å². The van der Waals surface area contributed by atoms with E-state index in [2.05, 4.69) is 4.90 Å². The van der Waals surface area contributed by atoms with Gasteiger partial charge in [-0.2, -0.15) is 0 Å². The van der Waals surface area contributed by atoms with Crippen LogP contribution in [0.15, 0.2) is 48.5 Å². The van der Waals surface area contributed by atoms with Gasteiger partial charge < -0.3 is 14.7 Å². The van der Waals surface area contributed by atoms with Crippen LogP contribution >= 0.6 is 23.2 Å². The molecule has 0 bridgehead atoms. The summed E-state index contributed by atoms with van der Waals surface area (Å²) in [6, 6.07) is 14.3. The third kappa shape index (κ3) is 7.70. The number of ether oxygens (including phenoxy) is 1. The molecule has 0 spiro atoms. The predicted molar refractivity (Wildman–Crippen MR) is 134 cm³/mol. The number of likely N-dealkylation sites (tertiary alicyclic amines) is 1. The van der Waals surface area contributed by atoms with E-state index in [1.807, 2.05) is 30.3 Å². The molecule has 0 radical (unpaired) electrons. The van der Waals surface area contributed by atoms with Gasteiger partial charge in [-0.15, -0.1) is 0 Å². The molecule has 0 aromatic heterocycles. The SMILES string of the molecule is CC(C)(C)OC(=O)CN(C(=O)Cc1ccc(Cl)c(Cl)c1)C(CN1CCC(O)C1)c1ccccc1. The highest BCUT2D eigenvalue weighted by atomic mass is 35.5. The molecule has 0 saturated carbocycles. The maximum absolute atomic E-state index is 13.6. The number of nitrogens with zero attached hydrogens (tertiary/aromatic N) is 2. The summed E-state index contributed by atoms with van der Waals surface area (Å²) in [7, 11) is 0. The van der Waals surface area contributed by atoms with Crippen LogP contribution in [0.25, 0.3) is 0 Å². The Bertz CT molecular complexity index is 994. The number of carbonyl (C=O) groups excluding carboxylic acids is 2. The monoisotopic (exact) mass is 506 g/mol. The second-order valence-corrected chi connectivity index (χ2v) is 10.5. The molecule has 1 aliphatic heterocycles. The Hall–Kier alpha value is -2.12. The topological polar surface area (TPSA) is 70.1 Å². The Morgan fingerprint density at radius 3 is 2.44 bits per heavy atom. The summed E-state index contributed by atoms with van der Waals surface area (Å²) >= 11 is 12.2. The van der Waals surface area contributed by atoms with Gasteiger partial charge in [0.1, 0.15) is 12.1 Å². The highest BCUT2D eigenvalue weighted by Crippen LogP contribution is 2.27. The highest BCUT2D eigenvalue weighted by Gasteiger charge is 2.32. The van der Waals surface area contributed by atoms with Gasteiger partial charge in [-0.25, -0.2) is 0 Å². The lowest BCUT2D eigenvalue weighted by Gasteiger charge is -2.35. The number of β-amino-alcohol motifs (C(OH)–C–C–N with tert-alkyl or cyclic N) is 1. The molecule has 1 heterocycles. The minimum Gasteiger partial charge on any atom is -0.459 e. The number of halogens is 2. The van der Waals surface area contributed by atoms with Gasteiger partial charge in [0, 0.05) is 19.6 Å². The maximum atomic E-state index is 13.6. The van der Waals surface area contributed by atoms with Crippen LogP contribution in [0.1, 0.15) is 44.4 Å². The number of amides is 1. The van der Waals surface area contributed by atoms with Crippen LogP contribution in [-0.2, 0) is 20.7 Å². The molecule has 2 aromatic carbocycles. The van der Waals surface area contributed by atoms with E-state index in [1.54, 1.807) is 43.9 Å². The molecule has 1 amide bonds. The number of carbonyl (C=O) groups is 2. The van der Waals surface area contributed by atoms with Crippen molar-refractivity contribution in [3.8, 4) is 0 Å². The van der Waals surface area contributed by atoms with Gasteiger partial charge in [0.2, 0.25) is 5.91 Å². The largest absolute Gasteiger partial charge is 0.459 e. The van der Waals surface area contributed by atoms with E-state index >= 15 is 0 Å². The Labute approximate surface area is 211 Å². The maximum Gasteiger partial charge on any atom is 0.326 e. The summed E-state index contributed by atoms with van der Waals surface area (Å²) in [6.07, 6.45) is 0.360. The normalized spacial score (nSPS) is 17.4. The molecule has 2 aromatic rings. The van der Waals surface area contributed by atoms with Crippen molar-refractivity contribution in [2.24, 2.45) is 0 Å². The average Bonchev–Trinajstić information content (AvgIpc) is 3.17. The number of aliphatic hydroxyl groups is 1. The van der Waals surface area contributed by atoms with Gasteiger partial charge >= 0.3 is 5.97 Å². The van der Waals surface area contributed by atoms with E-state index < -0.39 is 17.6 Å². The molecule has 0 aliphatic carbocycles. The fraction of sp³-hybridized carbons (Fsp3) is 0.462. The van der Waals surface area contributed by atoms with Crippen molar-refractivity contribution in [1.29, 1.82) is 0 Å². The zero-order valence-corrected chi connectivity index (χ0v) is 21.4. The quantitative estimate of drug-likeness (QED) is 0.533. The third-order valence-corrected chi connectivity index (χ3v) is 6.36. The Morgan fingerprint density at radius 1 is 1.15 bits per heavy atom. The van der Waals surface area contributed by atoms with Gasteiger partial charge in [0.15, 0.2) is 0 Å². The summed E-state index contributed by atoms with van der Waals surface area (Å²) < 4.78 is 5.55. The lowest BCUT2D eigenvalue weighted by atomic mass is 10.0. The molecule has 1 saturated heterocycles. The van der Waals surface area contributed by atoms with Crippen LogP contribution in [0.3, 0.4) is 0 Å². The summed E-state index contributed by atoms with van der Waals surface area (Å²) in [5, 5.41) is 10.8. The summed E-state index contributed by atoms with van der Waals surface area (Å²) in [5.41, 5.74) is 0.948. The number of aliphatic hydroxyl groups excluding tert-OH is 1. The zero-order valence-electron chi connectivity index (χ0n) is 19.8. The van der Waals surface area contributed by atoms with Gasteiger partial charge in [0.25, 0.3) is 0 Å². The van der Waals surface area contributed by atoms with Gasteiger partial charge in [-0.1, -0.05) is 59.6 Å². The second-order valence-electron chi connectivity index (χ2n) is 9.66. The minimum atomic E-state index is -0.670. The van der Waals surface area contributed by atoms with Crippen LogP contribution in [0.2, 0.25) is 10.0 Å². The molecule has 6 nitrogen and oxygen atoms in total. The Morgan fingerprint density at radius 2 is 1.85 bits per heavy atom. The first kappa shape index (κ1) is 26.5. The fourth-order valence-corrected chi connectivity index (χ4v) is 4.41. The van der Waals surface area contributed by atoms with Crippen molar-refractivity contribution in [3.05, 3.63) is 69.7 Å². The van der Waals surface area contributed by atoms with Crippen LogP contribution in [0, 0.1) is 0 Å². The lowest BCUT2D eigenvalue weighted by molar-refractivity contribution is -0.160. The van der Waals surface area contributed by atoms with Crippen molar-refractivity contribution in [1.82, 2.24) is 9.80 Å². The van der Waals surface area contributed by atoms with Gasteiger partial charge in [-0.05, 0) is 50.5 Å². The summed E-state index contributed by atoms with van der Waals surface area (Å²) in [6.45, 7) is 6.97. The Balaban J connectivity index is 1.92. The first-order valence-corrected chi connectivity index (χ1v) is 12.2. The molecular weight excluding hydrogens is 475 g/mol.